The van der Waals surface area contributed by atoms with Crippen molar-refractivity contribution < 1.29 is 18.0 Å². The number of alkyl halides is 3. The van der Waals surface area contributed by atoms with Gasteiger partial charge in [0.05, 0.1) is 12.1 Å². The van der Waals surface area contributed by atoms with Crippen LogP contribution in [-0.2, 0) is 11.0 Å². The number of nitriles is 1. The van der Waals surface area contributed by atoms with E-state index in [1.165, 1.54) is 6.07 Å². The molecule has 1 aliphatic heterocycles. The second kappa shape index (κ2) is 64.5. The van der Waals surface area contributed by atoms with Gasteiger partial charge in [0.1, 0.15) is 5.54 Å². The average Bonchev–Trinajstić information content (AvgIpc) is 1.45. The minimum atomic E-state index is -4.72. The molecule has 0 N–H and O–H groups in total. The van der Waals surface area contributed by atoms with Crippen LogP contribution < -0.4 is 4.90 Å². The van der Waals surface area contributed by atoms with Crippen LogP contribution in [0.1, 0.15) is 45.1 Å². The van der Waals surface area contributed by atoms with E-state index in [-0.39, 0.29) is 10.8 Å². The molecular formula is C98H22F3N7OS. The molecule has 482 valence electrons. The number of hydrogen-bond donors (Lipinski definition) is 0. The van der Waals surface area contributed by atoms with Crippen molar-refractivity contribution in [1.82, 2.24) is 4.90 Å². The Balaban J connectivity index is 0.00000166. The van der Waals surface area contributed by atoms with Gasteiger partial charge in [0, 0.05) is 432 Å². The van der Waals surface area contributed by atoms with E-state index in [0.717, 1.165) is 42.7 Å². The lowest BCUT2D eigenvalue weighted by Crippen LogP contribution is -2.44. The number of azide groups is 1. The van der Waals surface area contributed by atoms with Crippen LogP contribution in [-0.4, -0.2) is 34.5 Å². The number of terminal acetylenes is 1. The Bertz CT molecular complexity index is 6600. The zero-order chi connectivity index (χ0) is 79.7. The van der Waals surface area contributed by atoms with E-state index in [4.69, 9.17) is 36.0 Å². The largest absolute Gasteiger partial charge is 0.407 e. The monoisotopic (exact) mass is 1400 g/mol. The van der Waals surface area contributed by atoms with Gasteiger partial charge in [-0.05, 0) is 104 Å². The van der Waals surface area contributed by atoms with Gasteiger partial charge in [-0.15, -0.1) is 6.42 Å². The van der Waals surface area contributed by atoms with Crippen molar-refractivity contribution in [2.45, 2.75) is 51.2 Å². The normalized spacial score (nSPS) is 7.18. The van der Waals surface area contributed by atoms with Gasteiger partial charge in [0.15, 0.2) is 16.9 Å². The zero-order valence-electron chi connectivity index (χ0n) is 56.6. The lowest BCUT2D eigenvalue weighted by atomic mass is 10.0. The smallest absolute Gasteiger partial charge is 0.334 e. The fourth-order valence-electron chi connectivity index (χ4n) is 5.65. The Morgan fingerprint density at radius 2 is 0.636 bits per heavy atom. The number of unbranched alkanes of at least 4 members (excludes halogenated alkanes) is 3. The number of thiocarbonyl (C=S) groups is 1. The highest BCUT2D eigenvalue weighted by molar-refractivity contribution is 7.80. The van der Waals surface area contributed by atoms with E-state index in [0.29, 0.717) is 13.1 Å². The molecule has 1 aromatic rings. The predicted octanol–water partition coefficient (Wildman–Crippen LogP) is 6.11. The summed E-state index contributed by atoms with van der Waals surface area (Å²) in [5.74, 6) is 190. The van der Waals surface area contributed by atoms with Crippen molar-refractivity contribution in [2.75, 3.05) is 18.0 Å². The van der Waals surface area contributed by atoms with Crippen molar-refractivity contribution in [2.24, 2.45) is 5.11 Å². The molecule has 8 nitrogen and oxygen atoms in total. The molecule has 1 saturated heterocycles. The second-order valence-corrected chi connectivity index (χ2v) is 17.4. The van der Waals surface area contributed by atoms with Gasteiger partial charge in [-0.3, -0.25) is 9.69 Å². The summed E-state index contributed by atoms with van der Waals surface area (Å²) in [5.41, 5.74) is 5.63. The number of nitrogens with zero attached hydrogens (tertiary/aromatic N) is 7. The van der Waals surface area contributed by atoms with Crippen LogP contribution in [0.2, 0.25) is 0 Å². The highest BCUT2D eigenvalue weighted by Crippen LogP contribution is 2.41. The summed E-state index contributed by atoms with van der Waals surface area (Å²) < 4.78 is 40.0. The molecule has 110 heavy (non-hydrogen) atoms. The summed E-state index contributed by atoms with van der Waals surface area (Å²) in [6.07, 6.45) is 3.41. The number of hydrogen-bond acceptors (Lipinski definition) is 4. The molecule has 0 spiro atoms. The van der Waals surface area contributed by atoms with Gasteiger partial charge in [-0.25, -0.2) is 4.85 Å². The Morgan fingerprint density at radius 1 is 0.409 bits per heavy atom. The molecule has 1 heterocycles. The summed E-state index contributed by atoms with van der Waals surface area (Å²) in [4.78, 5) is 21.4. The standard InChI is InChI=1S/C79HN.C19H21F3N6OS/c1-2-3-4-5-6-7-8-9-10-11-12-13-14-15-16-17-18-19-20-21-22-23-24-25-26-27-28-29-30-31-32-33-34-35-36-37-38-39-40-41-42-43-44-45-46-47-48-49-50-51-52-53-54-55-56-57-58-59-60-61-62-63-64-65-66-67-68-69-70-71-72-73-74-75-76-77-78-79-80;1-18(2)16(29)28(13-8-9-15(24-3)14(12-13)19(20,21)22)17(30)27(18)11-7-5-4-6-10-25-26-23/h1H;8-9,12H,4-7,10-11H2,1-2H3. The van der Waals surface area contributed by atoms with E-state index >= 15 is 0 Å². The van der Waals surface area contributed by atoms with E-state index in [1.54, 1.807) is 24.8 Å². The summed E-state index contributed by atoms with van der Waals surface area (Å²) in [7, 11) is 0. The number of carbonyl (C=O) groups excluding carboxylic acids is 1. The molecule has 0 aliphatic carbocycles. The summed E-state index contributed by atoms with van der Waals surface area (Å²) in [6.45, 7) is 11.2. The molecule has 12 heteroatoms. The molecule has 1 fully saturated rings. The Hall–Kier alpha value is -20.5. The summed E-state index contributed by atoms with van der Waals surface area (Å²) in [5, 5.41) is 11.8. The quantitative estimate of drug-likeness (QED) is 0.0597. The predicted molar refractivity (Wildman–Crippen MR) is 421 cm³/mol. The molecule has 0 bridgehead atoms. The number of halogens is 3. The van der Waals surface area contributed by atoms with Crippen LogP contribution in [0.3, 0.4) is 0 Å². The first-order valence-electron chi connectivity index (χ1n) is 29.1. The van der Waals surface area contributed by atoms with Gasteiger partial charge in [0.25, 0.3) is 5.91 Å². The first-order chi connectivity index (χ1) is 54.0. The molecule has 1 amide bonds. The highest BCUT2D eigenvalue weighted by atomic mass is 32.1. The van der Waals surface area contributed by atoms with Gasteiger partial charge in [0.2, 0.25) is 0 Å². The molecular weight excluding hydrogens is 1380 g/mol. The molecule has 0 aromatic heterocycles. The number of amides is 1. The number of benzene rings is 1. The Labute approximate surface area is 647 Å². The van der Waals surface area contributed by atoms with Crippen LogP contribution in [0.25, 0.3) is 15.3 Å². The van der Waals surface area contributed by atoms with Crippen molar-refractivity contribution in [1.29, 1.82) is 5.26 Å². The Kier molecular flexibility index (Phi) is 51.3. The fourth-order valence-corrected chi connectivity index (χ4v) is 6.16. The molecule has 0 saturated carbocycles. The maximum Gasteiger partial charge on any atom is 0.407 e. The lowest BCUT2D eigenvalue weighted by Gasteiger charge is -2.29. The molecule has 0 radical (unpaired) electrons. The number of carbonyl (C=O) groups is 1. The van der Waals surface area contributed by atoms with Crippen LogP contribution in [0.15, 0.2) is 23.3 Å². The third-order valence-electron chi connectivity index (χ3n) is 9.76. The van der Waals surface area contributed by atoms with E-state index < -0.39 is 28.9 Å². The molecule has 1 aromatic carbocycles. The van der Waals surface area contributed by atoms with Crippen LogP contribution in [0.4, 0.5) is 24.5 Å². The van der Waals surface area contributed by atoms with Gasteiger partial charge in [-0.2, -0.15) is 18.4 Å². The number of anilines is 1. The molecule has 2 rings (SSSR count). The minimum absolute atomic E-state index is 0.00494. The minimum Gasteiger partial charge on any atom is -0.334 e. The van der Waals surface area contributed by atoms with Crippen molar-refractivity contribution >= 4 is 34.6 Å². The van der Waals surface area contributed by atoms with E-state index in [1.807, 2.05) is 0 Å². The van der Waals surface area contributed by atoms with Gasteiger partial charge < -0.3 is 4.90 Å². The van der Waals surface area contributed by atoms with Crippen LogP contribution in [0.5, 0.6) is 0 Å². The summed E-state index contributed by atoms with van der Waals surface area (Å²) >= 11 is 5.44. The zero-order valence-corrected chi connectivity index (χ0v) is 57.4. The molecule has 0 atom stereocenters. The third kappa shape index (κ3) is 49.9. The maximum absolute atomic E-state index is 13.3. The third-order valence-corrected chi connectivity index (χ3v) is 10.2. The first kappa shape index (κ1) is 87.5. The van der Waals surface area contributed by atoms with Crippen molar-refractivity contribution in [3.63, 3.8) is 0 Å². The topological polar surface area (TPSA) is 100 Å². The number of rotatable bonds is 8. The SMILES string of the molecule is C#CC#CC#CC#CC#CC#CC#CC#CC#CC#CC#CC#CC#CC#CC#CC#CC#CC#CC#CC#CC#CC#CC#CC#CC#CC#CC#CC#CC#CC#CC#CC#CC#CC#CC#CC#CC#CC#CC#CC#N.[C-]#[N+]c1ccc(N2C(=O)C(C)(C)N(CCCCCCN=[N+]=[N-])C2=S)cc1C(F)(F)F. The van der Waals surface area contributed by atoms with Crippen LogP contribution >= 0.6 is 12.2 Å². The van der Waals surface area contributed by atoms with Gasteiger partial charge in [-0.1, -0.05) is 24.0 Å². The molecule has 1 aliphatic rings. The van der Waals surface area contributed by atoms with E-state index in [2.05, 4.69) is 471 Å². The summed E-state index contributed by atoms with van der Waals surface area (Å²) in [6, 6.07) is 4.79. The van der Waals surface area contributed by atoms with E-state index in [9.17, 15) is 18.0 Å². The molecule has 0 unspecified atom stereocenters. The average molecular weight is 1400 g/mol. The lowest BCUT2D eigenvalue weighted by molar-refractivity contribution is -0.136. The highest BCUT2D eigenvalue weighted by Gasteiger charge is 2.49. The first-order valence-corrected chi connectivity index (χ1v) is 29.5. The van der Waals surface area contributed by atoms with Crippen molar-refractivity contribution in [3.8, 4) is 468 Å². The maximum atomic E-state index is 13.3. The fraction of sp³-hybridized carbons (Fsp3) is 0.102. The van der Waals surface area contributed by atoms with Gasteiger partial charge >= 0.3 is 6.18 Å². The Morgan fingerprint density at radius 3 is 0.845 bits per heavy atom. The van der Waals surface area contributed by atoms with Crippen LogP contribution in [0, 0.1) is 480 Å². The van der Waals surface area contributed by atoms with Crippen molar-refractivity contribution in [3.05, 3.63) is 45.6 Å². The second-order valence-electron chi connectivity index (χ2n) is 17.1.